The van der Waals surface area contributed by atoms with Crippen LogP contribution in [0.5, 0.6) is 0 Å². The van der Waals surface area contributed by atoms with E-state index in [0.717, 1.165) is 44.2 Å². The molecule has 0 saturated carbocycles. The van der Waals surface area contributed by atoms with Gasteiger partial charge in [0, 0.05) is 0 Å². The van der Waals surface area contributed by atoms with E-state index in [1.165, 1.54) is 10.3 Å². The van der Waals surface area contributed by atoms with Crippen LogP contribution in [-0.2, 0) is 13.5 Å². The maximum absolute atomic E-state index is 13.6. The van der Waals surface area contributed by atoms with Gasteiger partial charge < -0.3 is 0 Å². The molecule has 3 aromatic carbocycles. The van der Waals surface area contributed by atoms with Gasteiger partial charge in [0.2, 0.25) is 0 Å². The molecule has 0 atom stereocenters. The fourth-order valence-corrected chi connectivity index (χ4v) is 8.18. The molecule has 0 spiro atoms. The second-order valence-electron chi connectivity index (χ2n) is 10.2. The van der Waals surface area contributed by atoms with Gasteiger partial charge in [-0.3, -0.25) is 0 Å². The summed E-state index contributed by atoms with van der Waals surface area (Å²) in [6, 6.07) is 15.6. The van der Waals surface area contributed by atoms with Crippen molar-refractivity contribution < 1.29 is 17.7 Å². The summed E-state index contributed by atoms with van der Waals surface area (Å²) in [4.78, 5) is 4.77. The Kier molecular flexibility index (Phi) is 6.11. The first-order valence-electron chi connectivity index (χ1n) is 11.4. The van der Waals surface area contributed by atoms with Crippen LogP contribution < -0.4 is 8.18 Å². The molecular formula is C28H26F3N2STe+. The first kappa shape index (κ1) is 24.5. The van der Waals surface area contributed by atoms with Crippen LogP contribution in [0, 0.1) is 12.3 Å². The van der Waals surface area contributed by atoms with Crippen molar-refractivity contribution >= 4 is 66.9 Å². The van der Waals surface area contributed by atoms with Crippen molar-refractivity contribution in [2.24, 2.45) is 12.5 Å². The molecule has 0 radical (unpaired) electrons. The molecule has 0 bridgehead atoms. The van der Waals surface area contributed by atoms with Crippen molar-refractivity contribution in [3.63, 3.8) is 0 Å². The Bertz CT molecular complexity index is 1600. The Balaban J connectivity index is 1.84. The van der Waals surface area contributed by atoms with Crippen LogP contribution in [-0.4, -0.2) is 30.1 Å². The molecular weight excluding hydrogens is 581 g/mol. The van der Waals surface area contributed by atoms with Crippen molar-refractivity contribution in [1.29, 1.82) is 0 Å². The number of fused-ring (bicyclic) bond motifs is 4. The molecule has 0 N–H and O–H groups in total. The van der Waals surface area contributed by atoms with Crippen LogP contribution in [0.3, 0.4) is 0 Å². The molecule has 2 aromatic heterocycles. The quantitative estimate of drug-likeness (QED) is 0.162. The third-order valence-electron chi connectivity index (χ3n) is 6.18. The molecule has 0 saturated heterocycles. The van der Waals surface area contributed by atoms with Crippen molar-refractivity contribution in [2.75, 3.05) is 0 Å². The normalized spacial score (nSPS) is 12.8. The third-order valence-corrected chi connectivity index (χ3v) is 9.71. The zero-order valence-electron chi connectivity index (χ0n) is 20.2. The average Bonchev–Trinajstić information content (AvgIpc) is 3.14. The van der Waals surface area contributed by atoms with Crippen LogP contribution in [0.1, 0.15) is 31.9 Å². The summed E-state index contributed by atoms with van der Waals surface area (Å²) in [6.45, 7) is 8.70. The number of hydrogen-bond acceptors (Lipinski definition) is 2. The Morgan fingerprint density at radius 2 is 1.63 bits per heavy atom. The number of aromatic nitrogens is 2. The summed E-state index contributed by atoms with van der Waals surface area (Å²) in [5, 5.41) is 2.70. The van der Waals surface area contributed by atoms with Crippen LogP contribution in [0.4, 0.5) is 13.2 Å². The SMILES string of the molecule is Cc1c(-c2c3sc4c(CC(C)(C)C)cccc4c3nc[n+]2C)cc([Te]C(F)(F)F)c2ccccc12. The van der Waals surface area contributed by atoms with Gasteiger partial charge in [-0.25, -0.2) is 0 Å². The molecule has 0 aliphatic rings. The molecule has 0 unspecified atom stereocenters. The summed E-state index contributed by atoms with van der Waals surface area (Å²) < 4.78 is 41.3. The number of alkyl halides is 3. The van der Waals surface area contributed by atoms with Crippen molar-refractivity contribution in [2.45, 2.75) is 38.3 Å². The summed E-state index contributed by atoms with van der Waals surface area (Å²) in [7, 11) is 1.93. The fraction of sp³-hybridized carbons (Fsp3) is 0.286. The molecule has 5 aromatic rings. The van der Waals surface area contributed by atoms with Gasteiger partial charge >= 0.3 is 218 Å². The van der Waals surface area contributed by atoms with E-state index >= 15 is 0 Å². The molecule has 0 aliphatic heterocycles. The van der Waals surface area contributed by atoms with E-state index in [1.807, 2.05) is 42.8 Å². The third kappa shape index (κ3) is 4.67. The Morgan fingerprint density at radius 1 is 0.943 bits per heavy atom. The predicted octanol–water partition coefficient (Wildman–Crippen LogP) is 6.84. The minimum atomic E-state index is -4.16. The van der Waals surface area contributed by atoms with Gasteiger partial charge in [-0.2, -0.15) is 0 Å². The van der Waals surface area contributed by atoms with Crippen LogP contribution in [0.15, 0.2) is 54.9 Å². The van der Waals surface area contributed by atoms with Gasteiger partial charge in [0.25, 0.3) is 0 Å². The first-order valence-corrected chi connectivity index (χ1v) is 14.5. The van der Waals surface area contributed by atoms with Gasteiger partial charge in [0.05, 0.1) is 0 Å². The molecule has 0 fully saturated rings. The van der Waals surface area contributed by atoms with Crippen molar-refractivity contribution in [1.82, 2.24) is 4.98 Å². The molecule has 0 aliphatic carbocycles. The van der Waals surface area contributed by atoms with Gasteiger partial charge in [0.1, 0.15) is 0 Å². The predicted molar refractivity (Wildman–Crippen MR) is 141 cm³/mol. The van der Waals surface area contributed by atoms with Gasteiger partial charge in [-0.15, -0.1) is 0 Å². The Hall–Kier alpha value is -2.20. The molecule has 35 heavy (non-hydrogen) atoms. The van der Waals surface area contributed by atoms with E-state index < -0.39 is 25.1 Å². The number of thiophene rings is 1. The first-order chi connectivity index (χ1) is 16.4. The number of rotatable bonds is 3. The molecule has 2 nitrogen and oxygen atoms in total. The Labute approximate surface area is 216 Å². The van der Waals surface area contributed by atoms with E-state index in [2.05, 4.69) is 39.0 Å². The van der Waals surface area contributed by atoms with Crippen molar-refractivity contribution in [3.05, 3.63) is 66.0 Å². The number of nitrogens with zero attached hydrogens (tertiary/aromatic N) is 2. The van der Waals surface area contributed by atoms with E-state index in [1.54, 1.807) is 23.7 Å². The molecule has 0 amide bonds. The Morgan fingerprint density at radius 3 is 2.31 bits per heavy atom. The van der Waals surface area contributed by atoms with E-state index in [0.29, 0.717) is 9.00 Å². The molecule has 180 valence electrons. The maximum atomic E-state index is 13.6. The number of halogens is 3. The van der Waals surface area contributed by atoms with Gasteiger partial charge in [-0.05, 0) is 0 Å². The zero-order chi connectivity index (χ0) is 25.1. The standard InChI is InChI=1S/C28H26F3N2STe/c1-16-18-10-6-7-11-19(18)22(35-28(29,30)31)13-21(16)24-26-23(32-15-33(24)5)20-12-8-9-17(25(20)34-26)14-27(2,3)4/h6-13,15H,14H2,1-5H3/q+1. The molecule has 5 rings (SSSR count). The number of benzene rings is 3. The summed E-state index contributed by atoms with van der Waals surface area (Å²) in [6.07, 6.45) is 2.73. The van der Waals surface area contributed by atoms with E-state index in [-0.39, 0.29) is 5.41 Å². The number of hydrogen-bond donors (Lipinski definition) is 0. The monoisotopic (exact) mass is 609 g/mol. The average molecular weight is 607 g/mol. The summed E-state index contributed by atoms with van der Waals surface area (Å²) in [5.74, 6) is 0. The zero-order valence-corrected chi connectivity index (χ0v) is 23.4. The summed E-state index contributed by atoms with van der Waals surface area (Å²) >= 11 is -0.672. The van der Waals surface area contributed by atoms with Gasteiger partial charge in [0.15, 0.2) is 0 Å². The summed E-state index contributed by atoms with van der Waals surface area (Å²) in [5.41, 5.74) is 5.11. The van der Waals surface area contributed by atoms with Gasteiger partial charge in [-0.1, -0.05) is 0 Å². The minimum absolute atomic E-state index is 0.136. The number of aryl methyl sites for hydroxylation is 2. The second-order valence-corrected chi connectivity index (χ2v) is 14.3. The van der Waals surface area contributed by atoms with Crippen molar-refractivity contribution in [3.8, 4) is 11.3 Å². The fourth-order valence-electron chi connectivity index (χ4n) is 4.78. The van der Waals surface area contributed by atoms with Crippen LogP contribution in [0.25, 0.3) is 42.3 Å². The topological polar surface area (TPSA) is 16.8 Å². The second kappa shape index (κ2) is 8.72. The molecule has 2 heterocycles. The molecule has 7 heteroatoms. The van der Waals surface area contributed by atoms with E-state index in [4.69, 9.17) is 4.98 Å². The van der Waals surface area contributed by atoms with E-state index in [9.17, 15) is 13.2 Å². The van der Waals surface area contributed by atoms with Crippen LogP contribution in [0.2, 0.25) is 0 Å². The van der Waals surface area contributed by atoms with Crippen LogP contribution >= 0.6 is 11.3 Å².